The van der Waals surface area contributed by atoms with Crippen LogP contribution >= 0.6 is 0 Å². The molecular formula is C18H16N2O. The van der Waals surface area contributed by atoms with Gasteiger partial charge in [0.15, 0.2) is 0 Å². The van der Waals surface area contributed by atoms with Crippen molar-refractivity contribution in [1.29, 1.82) is 5.26 Å². The van der Waals surface area contributed by atoms with E-state index in [0.717, 1.165) is 28.8 Å². The fourth-order valence-corrected chi connectivity index (χ4v) is 2.67. The lowest BCUT2D eigenvalue weighted by molar-refractivity contribution is 0.0996. The number of carbonyl (C=O) groups excluding carboxylic acids is 1. The first-order valence-corrected chi connectivity index (χ1v) is 7.07. The van der Waals surface area contributed by atoms with Crippen LogP contribution in [0.4, 0.5) is 5.69 Å². The SMILES string of the molecule is CC(C#N)Cc1ccc(N2Cc3ccccc3C2=O)cc1. The molecule has 1 atom stereocenters. The van der Waals surface area contributed by atoms with Gasteiger partial charge in [0.1, 0.15) is 0 Å². The molecule has 3 rings (SSSR count). The van der Waals surface area contributed by atoms with Crippen LogP contribution in [0, 0.1) is 17.2 Å². The maximum Gasteiger partial charge on any atom is 0.258 e. The van der Waals surface area contributed by atoms with Crippen LogP contribution in [0.5, 0.6) is 0 Å². The fraction of sp³-hybridized carbons (Fsp3) is 0.222. The highest BCUT2D eigenvalue weighted by Gasteiger charge is 2.27. The molecule has 0 fully saturated rings. The maximum absolute atomic E-state index is 12.4. The molecule has 0 N–H and O–H groups in total. The summed E-state index contributed by atoms with van der Waals surface area (Å²) in [5.74, 6) is 0.0669. The third kappa shape index (κ3) is 2.53. The molecule has 0 spiro atoms. The Morgan fingerprint density at radius 2 is 1.90 bits per heavy atom. The van der Waals surface area contributed by atoms with Crippen LogP contribution < -0.4 is 4.90 Å². The molecule has 0 radical (unpaired) electrons. The van der Waals surface area contributed by atoms with Gasteiger partial charge in [-0.15, -0.1) is 0 Å². The molecule has 2 aromatic carbocycles. The van der Waals surface area contributed by atoms with Gasteiger partial charge in [0, 0.05) is 17.2 Å². The van der Waals surface area contributed by atoms with E-state index in [-0.39, 0.29) is 11.8 Å². The molecule has 3 nitrogen and oxygen atoms in total. The van der Waals surface area contributed by atoms with E-state index in [2.05, 4.69) is 6.07 Å². The quantitative estimate of drug-likeness (QED) is 0.860. The van der Waals surface area contributed by atoms with Crippen molar-refractivity contribution < 1.29 is 4.79 Å². The Balaban J connectivity index is 1.80. The minimum Gasteiger partial charge on any atom is -0.304 e. The van der Waals surface area contributed by atoms with Crippen LogP contribution in [0.15, 0.2) is 48.5 Å². The summed E-state index contributed by atoms with van der Waals surface area (Å²) in [4.78, 5) is 14.2. The van der Waals surface area contributed by atoms with Crippen LogP contribution in [-0.4, -0.2) is 5.91 Å². The molecule has 104 valence electrons. The third-order valence-electron chi connectivity index (χ3n) is 3.83. The number of hydrogen-bond acceptors (Lipinski definition) is 2. The highest BCUT2D eigenvalue weighted by molar-refractivity contribution is 6.09. The average molecular weight is 276 g/mol. The number of fused-ring (bicyclic) bond motifs is 1. The zero-order valence-corrected chi connectivity index (χ0v) is 11.9. The van der Waals surface area contributed by atoms with Gasteiger partial charge in [0.05, 0.1) is 12.6 Å². The first-order chi connectivity index (χ1) is 10.2. The van der Waals surface area contributed by atoms with Gasteiger partial charge >= 0.3 is 0 Å². The summed E-state index contributed by atoms with van der Waals surface area (Å²) < 4.78 is 0. The van der Waals surface area contributed by atoms with E-state index in [9.17, 15) is 4.79 Å². The van der Waals surface area contributed by atoms with Crippen molar-refractivity contribution in [2.24, 2.45) is 5.92 Å². The van der Waals surface area contributed by atoms with Crippen LogP contribution in [-0.2, 0) is 13.0 Å². The van der Waals surface area contributed by atoms with Crippen molar-refractivity contribution in [3.05, 3.63) is 65.2 Å². The molecule has 0 saturated carbocycles. The fourth-order valence-electron chi connectivity index (χ4n) is 2.67. The summed E-state index contributed by atoms with van der Waals surface area (Å²) in [5.41, 5.74) is 3.89. The maximum atomic E-state index is 12.4. The van der Waals surface area contributed by atoms with Gasteiger partial charge < -0.3 is 4.90 Å². The Labute approximate surface area is 124 Å². The summed E-state index contributed by atoms with van der Waals surface area (Å²) in [7, 11) is 0. The monoisotopic (exact) mass is 276 g/mol. The van der Waals surface area contributed by atoms with Gasteiger partial charge in [-0.25, -0.2) is 0 Å². The molecule has 1 heterocycles. The first kappa shape index (κ1) is 13.4. The van der Waals surface area contributed by atoms with Crippen molar-refractivity contribution in [2.75, 3.05) is 4.90 Å². The average Bonchev–Trinajstić information content (AvgIpc) is 2.85. The molecule has 0 bridgehead atoms. The van der Waals surface area contributed by atoms with Crippen LogP contribution in [0.25, 0.3) is 0 Å². The van der Waals surface area contributed by atoms with E-state index in [4.69, 9.17) is 5.26 Å². The number of hydrogen-bond donors (Lipinski definition) is 0. The van der Waals surface area contributed by atoms with Gasteiger partial charge in [-0.1, -0.05) is 30.3 Å². The molecule has 1 aliphatic rings. The van der Waals surface area contributed by atoms with Gasteiger partial charge in [-0.05, 0) is 42.7 Å². The first-order valence-electron chi connectivity index (χ1n) is 7.07. The number of nitriles is 1. The minimum absolute atomic E-state index is 0.00789. The van der Waals surface area contributed by atoms with Crippen molar-refractivity contribution in [2.45, 2.75) is 19.9 Å². The van der Waals surface area contributed by atoms with Gasteiger partial charge in [0.2, 0.25) is 0 Å². The topological polar surface area (TPSA) is 44.1 Å². The van der Waals surface area contributed by atoms with Crippen LogP contribution in [0.3, 0.4) is 0 Å². The zero-order chi connectivity index (χ0) is 14.8. The highest BCUT2D eigenvalue weighted by Crippen LogP contribution is 2.28. The Morgan fingerprint density at radius 3 is 2.57 bits per heavy atom. The number of amides is 1. The predicted octanol–water partition coefficient (Wildman–Crippen LogP) is 3.55. The molecule has 2 aromatic rings. The second-order valence-electron chi connectivity index (χ2n) is 5.45. The summed E-state index contributed by atoms with van der Waals surface area (Å²) >= 11 is 0. The molecular weight excluding hydrogens is 260 g/mol. The van der Waals surface area contributed by atoms with Crippen molar-refractivity contribution in [3.8, 4) is 6.07 Å². The van der Waals surface area contributed by atoms with Gasteiger partial charge in [0.25, 0.3) is 5.91 Å². The number of nitrogens with zero attached hydrogens (tertiary/aromatic N) is 2. The second kappa shape index (κ2) is 5.41. The molecule has 0 aromatic heterocycles. The van der Waals surface area contributed by atoms with E-state index in [1.807, 2.05) is 55.5 Å². The number of carbonyl (C=O) groups is 1. The molecule has 3 heteroatoms. The molecule has 1 unspecified atom stereocenters. The normalized spacial score (nSPS) is 14.7. The summed E-state index contributed by atoms with van der Waals surface area (Å²) in [6.07, 6.45) is 0.741. The zero-order valence-electron chi connectivity index (χ0n) is 11.9. The van der Waals surface area contributed by atoms with E-state index in [0.29, 0.717) is 6.54 Å². The van der Waals surface area contributed by atoms with E-state index in [1.165, 1.54) is 0 Å². The minimum atomic E-state index is 0.00789. The van der Waals surface area contributed by atoms with Crippen LogP contribution in [0.2, 0.25) is 0 Å². The largest absolute Gasteiger partial charge is 0.304 e. The predicted molar refractivity (Wildman–Crippen MR) is 81.9 cm³/mol. The lowest BCUT2D eigenvalue weighted by Crippen LogP contribution is -2.22. The van der Waals surface area contributed by atoms with Crippen molar-refractivity contribution >= 4 is 11.6 Å². The number of rotatable bonds is 3. The smallest absolute Gasteiger partial charge is 0.258 e. The molecule has 0 aliphatic carbocycles. The number of anilines is 1. The van der Waals surface area contributed by atoms with Gasteiger partial charge in [-0.2, -0.15) is 5.26 Å². The molecule has 0 saturated heterocycles. The standard InChI is InChI=1S/C18H16N2O/c1-13(11-19)10-14-6-8-16(9-7-14)20-12-15-4-2-3-5-17(15)18(20)21/h2-9,13H,10,12H2,1H3. The Hall–Kier alpha value is -2.60. The Kier molecular flexibility index (Phi) is 3.45. The van der Waals surface area contributed by atoms with Crippen molar-refractivity contribution in [1.82, 2.24) is 0 Å². The van der Waals surface area contributed by atoms with E-state index < -0.39 is 0 Å². The van der Waals surface area contributed by atoms with Crippen molar-refractivity contribution in [3.63, 3.8) is 0 Å². The summed E-state index contributed by atoms with van der Waals surface area (Å²) in [5, 5.41) is 8.86. The van der Waals surface area contributed by atoms with E-state index in [1.54, 1.807) is 4.90 Å². The second-order valence-corrected chi connectivity index (χ2v) is 5.45. The molecule has 1 aliphatic heterocycles. The summed E-state index contributed by atoms with van der Waals surface area (Å²) in [6.45, 7) is 2.54. The molecule has 1 amide bonds. The lowest BCUT2D eigenvalue weighted by Gasteiger charge is -2.16. The Bertz CT molecular complexity index is 713. The number of benzene rings is 2. The highest BCUT2D eigenvalue weighted by atomic mass is 16.2. The van der Waals surface area contributed by atoms with Gasteiger partial charge in [-0.3, -0.25) is 4.79 Å². The lowest BCUT2D eigenvalue weighted by atomic mass is 10.0. The van der Waals surface area contributed by atoms with Crippen LogP contribution in [0.1, 0.15) is 28.4 Å². The Morgan fingerprint density at radius 1 is 1.19 bits per heavy atom. The summed E-state index contributed by atoms with van der Waals surface area (Å²) in [6, 6.07) is 17.9. The molecule has 21 heavy (non-hydrogen) atoms. The van der Waals surface area contributed by atoms with E-state index >= 15 is 0 Å². The third-order valence-corrected chi connectivity index (χ3v) is 3.83.